The molecule has 2 aliphatic rings. The molecule has 1 aliphatic carbocycles. The summed E-state index contributed by atoms with van der Waals surface area (Å²) in [6.45, 7) is 6.06. The predicted molar refractivity (Wildman–Crippen MR) is 86.5 cm³/mol. The molecule has 0 saturated carbocycles. The van der Waals surface area contributed by atoms with Crippen molar-refractivity contribution in [3.05, 3.63) is 29.3 Å². The van der Waals surface area contributed by atoms with Crippen molar-refractivity contribution in [2.75, 3.05) is 18.4 Å². The first-order valence-corrected chi connectivity index (χ1v) is 8.26. The SMILES string of the molecule is CC(C)C1(C(=O)Nc2cccc3c2CCCC3)CCNC1. The maximum Gasteiger partial charge on any atom is 0.232 e. The maximum absolute atomic E-state index is 12.9. The van der Waals surface area contributed by atoms with Gasteiger partial charge in [-0.15, -0.1) is 0 Å². The van der Waals surface area contributed by atoms with Gasteiger partial charge in [-0.3, -0.25) is 4.79 Å². The van der Waals surface area contributed by atoms with Crippen molar-refractivity contribution < 1.29 is 4.79 Å². The van der Waals surface area contributed by atoms with E-state index in [-0.39, 0.29) is 11.3 Å². The van der Waals surface area contributed by atoms with Crippen LogP contribution in [0.4, 0.5) is 5.69 Å². The van der Waals surface area contributed by atoms with Crippen molar-refractivity contribution in [2.24, 2.45) is 11.3 Å². The van der Waals surface area contributed by atoms with Crippen LogP contribution >= 0.6 is 0 Å². The minimum absolute atomic E-state index is 0.196. The molecule has 3 nitrogen and oxygen atoms in total. The van der Waals surface area contributed by atoms with E-state index in [4.69, 9.17) is 0 Å². The molecule has 1 atom stereocenters. The summed E-state index contributed by atoms with van der Waals surface area (Å²) in [5, 5.41) is 6.62. The molecule has 1 saturated heterocycles. The lowest BCUT2D eigenvalue weighted by molar-refractivity contribution is -0.126. The second kappa shape index (κ2) is 5.80. The van der Waals surface area contributed by atoms with Crippen LogP contribution < -0.4 is 10.6 Å². The Kier molecular flexibility index (Phi) is 4.03. The van der Waals surface area contributed by atoms with Crippen LogP contribution in [0.15, 0.2) is 18.2 Å². The number of carbonyl (C=O) groups is 1. The van der Waals surface area contributed by atoms with Gasteiger partial charge in [0.2, 0.25) is 5.91 Å². The van der Waals surface area contributed by atoms with Crippen molar-refractivity contribution in [3.8, 4) is 0 Å². The fourth-order valence-electron chi connectivity index (χ4n) is 3.81. The van der Waals surface area contributed by atoms with Gasteiger partial charge in [-0.2, -0.15) is 0 Å². The molecule has 1 fully saturated rings. The summed E-state index contributed by atoms with van der Waals surface area (Å²) in [6, 6.07) is 6.35. The summed E-state index contributed by atoms with van der Waals surface area (Å²) in [5.74, 6) is 0.550. The molecule has 114 valence electrons. The summed E-state index contributed by atoms with van der Waals surface area (Å²) in [4.78, 5) is 12.9. The molecule has 2 N–H and O–H groups in total. The lowest BCUT2D eigenvalue weighted by Crippen LogP contribution is -2.42. The third-order valence-corrected chi connectivity index (χ3v) is 5.39. The van der Waals surface area contributed by atoms with Gasteiger partial charge in [-0.25, -0.2) is 0 Å². The van der Waals surface area contributed by atoms with Crippen LogP contribution in [0.25, 0.3) is 0 Å². The minimum atomic E-state index is -0.253. The fourth-order valence-corrected chi connectivity index (χ4v) is 3.81. The van der Waals surface area contributed by atoms with E-state index >= 15 is 0 Å². The Morgan fingerprint density at radius 3 is 2.81 bits per heavy atom. The lowest BCUT2D eigenvalue weighted by atomic mass is 9.75. The second-order valence-electron chi connectivity index (χ2n) is 6.84. The van der Waals surface area contributed by atoms with Crippen molar-refractivity contribution in [2.45, 2.75) is 46.0 Å². The summed E-state index contributed by atoms with van der Waals surface area (Å²) >= 11 is 0. The molecular formula is C18H26N2O. The number of amides is 1. The third-order valence-electron chi connectivity index (χ3n) is 5.39. The van der Waals surface area contributed by atoms with E-state index in [1.807, 2.05) is 0 Å². The zero-order chi connectivity index (χ0) is 14.9. The number of hydrogen-bond donors (Lipinski definition) is 2. The van der Waals surface area contributed by atoms with Gasteiger partial charge in [0, 0.05) is 12.2 Å². The Morgan fingerprint density at radius 2 is 2.10 bits per heavy atom. The molecule has 3 heteroatoms. The van der Waals surface area contributed by atoms with Crippen LogP contribution in [0, 0.1) is 11.3 Å². The van der Waals surface area contributed by atoms with Crippen LogP contribution in [0.2, 0.25) is 0 Å². The molecule has 1 amide bonds. The molecule has 1 aliphatic heterocycles. The summed E-state index contributed by atoms with van der Waals surface area (Å²) < 4.78 is 0. The number of fused-ring (bicyclic) bond motifs is 1. The van der Waals surface area contributed by atoms with Crippen LogP contribution in [0.1, 0.15) is 44.2 Å². The highest BCUT2D eigenvalue weighted by Crippen LogP contribution is 2.36. The number of anilines is 1. The van der Waals surface area contributed by atoms with E-state index in [0.717, 1.165) is 38.0 Å². The highest BCUT2D eigenvalue weighted by Gasteiger charge is 2.44. The van der Waals surface area contributed by atoms with Crippen molar-refractivity contribution >= 4 is 11.6 Å². The quantitative estimate of drug-likeness (QED) is 0.896. The first-order chi connectivity index (χ1) is 10.1. The molecule has 0 spiro atoms. The summed E-state index contributed by atoms with van der Waals surface area (Å²) in [6.07, 6.45) is 5.68. The molecule has 1 unspecified atom stereocenters. The number of nitrogens with one attached hydrogen (secondary N) is 2. The van der Waals surface area contributed by atoms with E-state index in [1.165, 1.54) is 24.0 Å². The Bertz CT molecular complexity index is 530. The fraction of sp³-hybridized carbons (Fsp3) is 0.611. The topological polar surface area (TPSA) is 41.1 Å². The molecule has 21 heavy (non-hydrogen) atoms. The van der Waals surface area contributed by atoms with Gasteiger partial charge in [0.15, 0.2) is 0 Å². The van der Waals surface area contributed by atoms with Gasteiger partial charge in [-0.05, 0) is 61.8 Å². The highest BCUT2D eigenvalue weighted by atomic mass is 16.2. The maximum atomic E-state index is 12.9. The Morgan fingerprint density at radius 1 is 1.29 bits per heavy atom. The van der Waals surface area contributed by atoms with E-state index in [0.29, 0.717) is 5.92 Å². The normalized spacial score (nSPS) is 24.9. The smallest absolute Gasteiger partial charge is 0.232 e. The molecule has 0 bridgehead atoms. The van der Waals surface area contributed by atoms with Gasteiger partial charge < -0.3 is 10.6 Å². The first-order valence-electron chi connectivity index (χ1n) is 8.26. The molecule has 1 heterocycles. The van der Waals surface area contributed by atoms with Crippen LogP contribution in [-0.2, 0) is 17.6 Å². The Hall–Kier alpha value is -1.35. The molecule has 3 rings (SSSR count). The van der Waals surface area contributed by atoms with E-state index in [1.54, 1.807) is 0 Å². The van der Waals surface area contributed by atoms with Crippen molar-refractivity contribution in [1.29, 1.82) is 0 Å². The number of aryl methyl sites for hydroxylation is 1. The number of rotatable bonds is 3. The first kappa shape index (κ1) is 14.6. The summed E-state index contributed by atoms with van der Waals surface area (Å²) in [5.41, 5.74) is 3.57. The molecule has 0 aromatic heterocycles. The van der Waals surface area contributed by atoms with Crippen LogP contribution in [-0.4, -0.2) is 19.0 Å². The Balaban J connectivity index is 1.85. The monoisotopic (exact) mass is 286 g/mol. The third kappa shape index (κ3) is 2.59. The lowest BCUT2D eigenvalue weighted by Gasteiger charge is -2.32. The zero-order valence-corrected chi connectivity index (χ0v) is 13.2. The average molecular weight is 286 g/mol. The Labute approximate surface area is 127 Å². The van der Waals surface area contributed by atoms with Gasteiger partial charge in [-0.1, -0.05) is 26.0 Å². The summed E-state index contributed by atoms with van der Waals surface area (Å²) in [7, 11) is 0. The van der Waals surface area contributed by atoms with Gasteiger partial charge in [0.05, 0.1) is 5.41 Å². The van der Waals surface area contributed by atoms with Gasteiger partial charge >= 0.3 is 0 Å². The number of benzene rings is 1. The van der Waals surface area contributed by atoms with Gasteiger partial charge in [0.25, 0.3) is 0 Å². The van der Waals surface area contributed by atoms with E-state index in [9.17, 15) is 4.79 Å². The van der Waals surface area contributed by atoms with Crippen molar-refractivity contribution in [3.63, 3.8) is 0 Å². The van der Waals surface area contributed by atoms with Crippen LogP contribution in [0.3, 0.4) is 0 Å². The predicted octanol–water partition coefficient (Wildman–Crippen LogP) is 3.14. The standard InChI is InChI=1S/C18H26N2O/c1-13(2)18(10-11-19-12-18)17(21)20-16-9-5-7-14-6-3-4-8-15(14)16/h5,7,9,13,19H,3-4,6,8,10-12H2,1-2H3,(H,20,21). The largest absolute Gasteiger partial charge is 0.325 e. The molecular weight excluding hydrogens is 260 g/mol. The zero-order valence-electron chi connectivity index (χ0n) is 13.2. The van der Waals surface area contributed by atoms with E-state index < -0.39 is 0 Å². The van der Waals surface area contributed by atoms with Gasteiger partial charge in [0.1, 0.15) is 0 Å². The molecule has 0 radical (unpaired) electrons. The second-order valence-corrected chi connectivity index (χ2v) is 6.84. The average Bonchev–Trinajstić information content (AvgIpc) is 2.98. The van der Waals surface area contributed by atoms with Crippen LogP contribution in [0.5, 0.6) is 0 Å². The minimum Gasteiger partial charge on any atom is -0.325 e. The molecule has 1 aromatic rings. The number of carbonyl (C=O) groups excluding carboxylic acids is 1. The number of hydrogen-bond acceptors (Lipinski definition) is 2. The van der Waals surface area contributed by atoms with Crippen molar-refractivity contribution in [1.82, 2.24) is 5.32 Å². The van der Waals surface area contributed by atoms with E-state index in [2.05, 4.69) is 42.7 Å². The molecule has 1 aromatic carbocycles. The highest BCUT2D eigenvalue weighted by molar-refractivity contribution is 5.96.